The average molecular weight is 157 g/mol. The number of alkyl halides is 1. The molecule has 0 spiro atoms. The first-order valence-corrected chi connectivity index (χ1v) is 3.86. The molecule has 0 aromatic carbocycles. The smallest absolute Gasteiger partial charge is 0.244 e. The molecular formula is C8H12FNO. The zero-order valence-electron chi connectivity index (χ0n) is 6.40. The van der Waals surface area contributed by atoms with Crippen molar-refractivity contribution < 1.29 is 9.18 Å². The van der Waals surface area contributed by atoms with Gasteiger partial charge in [0.1, 0.15) is 6.67 Å². The maximum Gasteiger partial charge on any atom is 0.244 e. The largest absolute Gasteiger partial charge is 0.350 e. The second kappa shape index (κ2) is 4.11. The highest BCUT2D eigenvalue weighted by molar-refractivity contribution is 5.88. The van der Waals surface area contributed by atoms with Crippen molar-refractivity contribution in [3.63, 3.8) is 0 Å². The highest BCUT2D eigenvalue weighted by atomic mass is 19.1. The van der Waals surface area contributed by atoms with E-state index in [0.29, 0.717) is 0 Å². The maximum absolute atomic E-state index is 11.6. The number of allylic oxidation sites excluding steroid dienone is 1. The number of carbonyl (C=O) groups is 1. The molecule has 0 aromatic heterocycles. The first kappa shape index (κ1) is 8.24. The summed E-state index contributed by atoms with van der Waals surface area (Å²) < 4.78 is 11.6. The Bertz CT molecular complexity index is 171. The van der Waals surface area contributed by atoms with Crippen molar-refractivity contribution in [2.75, 3.05) is 13.2 Å². The number of hydrogen-bond acceptors (Lipinski definition) is 1. The minimum atomic E-state index is -0.491. The Morgan fingerprint density at radius 1 is 1.64 bits per heavy atom. The van der Waals surface area contributed by atoms with Crippen LogP contribution in [0.4, 0.5) is 4.39 Å². The van der Waals surface area contributed by atoms with Gasteiger partial charge in [0.25, 0.3) is 0 Å². The molecular weight excluding hydrogens is 145 g/mol. The van der Waals surface area contributed by atoms with Crippen LogP contribution in [0.3, 0.4) is 0 Å². The van der Waals surface area contributed by atoms with Gasteiger partial charge in [-0.3, -0.25) is 4.79 Å². The van der Waals surface area contributed by atoms with Gasteiger partial charge in [0, 0.05) is 12.6 Å². The van der Waals surface area contributed by atoms with Gasteiger partial charge >= 0.3 is 0 Å². The fourth-order valence-electron chi connectivity index (χ4n) is 0.932. The first-order valence-electron chi connectivity index (χ1n) is 3.86. The van der Waals surface area contributed by atoms with Crippen LogP contribution in [-0.2, 0) is 4.79 Å². The molecule has 3 heteroatoms. The molecule has 0 heterocycles. The molecule has 62 valence electrons. The van der Waals surface area contributed by atoms with E-state index in [2.05, 4.69) is 5.32 Å². The predicted octanol–water partition coefficient (Wildman–Crippen LogP) is 1.18. The van der Waals surface area contributed by atoms with Crippen molar-refractivity contribution in [3.05, 3.63) is 11.6 Å². The van der Waals surface area contributed by atoms with Gasteiger partial charge in [-0.15, -0.1) is 0 Å². The van der Waals surface area contributed by atoms with Crippen molar-refractivity contribution in [2.45, 2.75) is 19.3 Å². The maximum atomic E-state index is 11.6. The summed E-state index contributed by atoms with van der Waals surface area (Å²) in [6.45, 7) is -0.364. The van der Waals surface area contributed by atoms with Gasteiger partial charge in [-0.25, -0.2) is 4.39 Å². The summed E-state index contributed by atoms with van der Waals surface area (Å²) in [4.78, 5) is 10.9. The Kier molecular flexibility index (Phi) is 3.08. The zero-order valence-corrected chi connectivity index (χ0v) is 6.40. The molecule has 1 amide bonds. The van der Waals surface area contributed by atoms with E-state index in [4.69, 9.17) is 0 Å². The van der Waals surface area contributed by atoms with Gasteiger partial charge in [0.2, 0.25) is 5.91 Å². The zero-order chi connectivity index (χ0) is 8.10. The molecule has 0 unspecified atom stereocenters. The van der Waals surface area contributed by atoms with Crippen LogP contribution in [0.15, 0.2) is 11.6 Å². The molecule has 1 aliphatic carbocycles. The normalized spacial score (nSPS) is 15.5. The summed E-state index contributed by atoms with van der Waals surface area (Å²) in [6.07, 6.45) is 4.83. The van der Waals surface area contributed by atoms with Crippen LogP contribution in [0, 0.1) is 0 Å². The topological polar surface area (TPSA) is 29.1 Å². The predicted molar refractivity (Wildman–Crippen MR) is 40.9 cm³/mol. The minimum Gasteiger partial charge on any atom is -0.350 e. The van der Waals surface area contributed by atoms with Gasteiger partial charge < -0.3 is 5.32 Å². The van der Waals surface area contributed by atoms with Crippen molar-refractivity contribution in [2.24, 2.45) is 0 Å². The van der Waals surface area contributed by atoms with E-state index in [1.807, 2.05) is 0 Å². The lowest BCUT2D eigenvalue weighted by Gasteiger charge is -2.15. The molecule has 1 aliphatic rings. The van der Waals surface area contributed by atoms with Crippen LogP contribution >= 0.6 is 0 Å². The lowest BCUT2D eigenvalue weighted by Crippen LogP contribution is -2.24. The Labute approximate surface area is 65.5 Å². The standard InChI is InChI=1S/C8H12FNO/c9-4-5-10-8(11)6-7-2-1-3-7/h6H,1-5H2,(H,10,11). The molecule has 0 saturated heterocycles. The fourth-order valence-corrected chi connectivity index (χ4v) is 0.932. The van der Waals surface area contributed by atoms with Gasteiger partial charge in [-0.05, 0) is 19.3 Å². The molecule has 1 saturated carbocycles. The number of rotatable bonds is 3. The molecule has 2 nitrogen and oxygen atoms in total. The summed E-state index contributed by atoms with van der Waals surface area (Å²) in [6, 6.07) is 0. The van der Waals surface area contributed by atoms with Crippen LogP contribution in [0.5, 0.6) is 0 Å². The molecule has 1 N–H and O–H groups in total. The van der Waals surface area contributed by atoms with E-state index in [1.54, 1.807) is 6.08 Å². The van der Waals surface area contributed by atoms with E-state index < -0.39 is 6.67 Å². The molecule has 1 fully saturated rings. The van der Waals surface area contributed by atoms with Crippen LogP contribution in [0.2, 0.25) is 0 Å². The van der Waals surface area contributed by atoms with Crippen molar-refractivity contribution in [1.29, 1.82) is 0 Å². The lowest BCUT2D eigenvalue weighted by molar-refractivity contribution is -0.116. The third kappa shape index (κ3) is 2.70. The molecule has 0 bridgehead atoms. The highest BCUT2D eigenvalue weighted by Gasteiger charge is 2.09. The molecule has 0 aliphatic heterocycles. The van der Waals surface area contributed by atoms with Gasteiger partial charge in [0.15, 0.2) is 0 Å². The molecule has 0 radical (unpaired) electrons. The van der Waals surface area contributed by atoms with E-state index in [1.165, 1.54) is 12.0 Å². The Morgan fingerprint density at radius 2 is 2.36 bits per heavy atom. The van der Waals surface area contributed by atoms with Crippen LogP contribution < -0.4 is 5.32 Å². The van der Waals surface area contributed by atoms with Crippen molar-refractivity contribution in [1.82, 2.24) is 5.32 Å². The molecule has 1 rings (SSSR count). The van der Waals surface area contributed by atoms with Crippen LogP contribution in [0.1, 0.15) is 19.3 Å². The number of carbonyl (C=O) groups excluding carboxylic acids is 1. The Morgan fingerprint density at radius 3 is 2.82 bits per heavy atom. The number of nitrogens with one attached hydrogen (secondary N) is 1. The van der Waals surface area contributed by atoms with Crippen molar-refractivity contribution >= 4 is 5.91 Å². The molecule has 11 heavy (non-hydrogen) atoms. The number of halogens is 1. The van der Waals surface area contributed by atoms with Gasteiger partial charge in [-0.1, -0.05) is 5.57 Å². The second-order valence-electron chi connectivity index (χ2n) is 2.64. The minimum absolute atomic E-state index is 0.128. The Hall–Kier alpha value is -0.860. The molecule has 0 aromatic rings. The third-order valence-corrected chi connectivity index (χ3v) is 1.72. The monoisotopic (exact) mass is 157 g/mol. The summed E-state index contributed by atoms with van der Waals surface area (Å²) in [7, 11) is 0. The van der Waals surface area contributed by atoms with Crippen LogP contribution in [-0.4, -0.2) is 19.1 Å². The summed E-state index contributed by atoms with van der Waals surface area (Å²) in [5.41, 5.74) is 1.18. The quantitative estimate of drug-likeness (QED) is 0.612. The van der Waals surface area contributed by atoms with E-state index >= 15 is 0 Å². The first-order chi connectivity index (χ1) is 5.33. The number of hydrogen-bond donors (Lipinski definition) is 1. The Balaban J connectivity index is 2.19. The van der Waals surface area contributed by atoms with Gasteiger partial charge in [-0.2, -0.15) is 0 Å². The summed E-state index contributed by atoms with van der Waals surface area (Å²) >= 11 is 0. The molecule has 0 atom stereocenters. The lowest BCUT2D eigenvalue weighted by atomic mass is 9.92. The van der Waals surface area contributed by atoms with E-state index in [0.717, 1.165) is 12.8 Å². The van der Waals surface area contributed by atoms with E-state index in [9.17, 15) is 9.18 Å². The second-order valence-corrected chi connectivity index (χ2v) is 2.64. The van der Waals surface area contributed by atoms with Crippen LogP contribution in [0.25, 0.3) is 0 Å². The third-order valence-electron chi connectivity index (χ3n) is 1.72. The highest BCUT2D eigenvalue weighted by Crippen LogP contribution is 2.24. The van der Waals surface area contributed by atoms with Crippen molar-refractivity contribution in [3.8, 4) is 0 Å². The summed E-state index contributed by atoms with van der Waals surface area (Å²) in [5.74, 6) is -0.155. The fraction of sp³-hybridized carbons (Fsp3) is 0.625. The van der Waals surface area contributed by atoms with E-state index in [-0.39, 0.29) is 12.5 Å². The average Bonchev–Trinajstić information content (AvgIpc) is 1.93. The number of amides is 1. The van der Waals surface area contributed by atoms with Gasteiger partial charge in [0.05, 0.1) is 0 Å². The SMILES string of the molecule is O=C(C=C1CCC1)NCCF. The summed E-state index contributed by atoms with van der Waals surface area (Å²) in [5, 5.41) is 2.44.